The van der Waals surface area contributed by atoms with Gasteiger partial charge in [0.15, 0.2) is 0 Å². The first-order valence-electron chi connectivity index (χ1n) is 10.4. The number of hydrogen-bond donors (Lipinski definition) is 1. The summed E-state index contributed by atoms with van der Waals surface area (Å²) in [4.78, 5) is 6.81. The van der Waals surface area contributed by atoms with Gasteiger partial charge in [0.2, 0.25) is 6.71 Å². The maximum absolute atomic E-state index is 3.84. The maximum atomic E-state index is 3.84. The molecule has 1 N–H and O–H groups in total. The van der Waals surface area contributed by atoms with Gasteiger partial charge in [-0.05, 0) is 33.1 Å². The second kappa shape index (κ2) is 12.0. The van der Waals surface area contributed by atoms with E-state index < -0.39 is 0 Å². The summed E-state index contributed by atoms with van der Waals surface area (Å²) in [7, 11) is 0. The molecule has 2 nitrogen and oxygen atoms in total. The Morgan fingerprint density at radius 2 is 1.50 bits per heavy atom. The van der Waals surface area contributed by atoms with Gasteiger partial charge in [-0.3, -0.25) is 0 Å². The average molecular weight is 372 g/mol. The summed E-state index contributed by atoms with van der Waals surface area (Å²) < 4.78 is 0. The van der Waals surface area contributed by atoms with Gasteiger partial charge < -0.3 is 4.98 Å². The van der Waals surface area contributed by atoms with Crippen LogP contribution >= 0.6 is 0 Å². The molecule has 28 heavy (non-hydrogen) atoms. The molecule has 0 fully saturated rings. The number of nitrogens with zero attached hydrogens (tertiary/aromatic N) is 1. The summed E-state index contributed by atoms with van der Waals surface area (Å²) in [5.41, 5.74) is 6.92. The van der Waals surface area contributed by atoms with Crippen LogP contribution < -0.4 is 10.9 Å². The van der Waals surface area contributed by atoms with Gasteiger partial charge in [0.05, 0.1) is 6.33 Å². The van der Waals surface area contributed by atoms with E-state index in [1.54, 1.807) is 6.33 Å². The molecular formula is C25H33BN2. The third-order valence-electron chi connectivity index (χ3n) is 5.09. The highest BCUT2D eigenvalue weighted by molar-refractivity contribution is 6.85. The molecular weight excluding hydrogens is 339 g/mol. The molecule has 0 saturated carbocycles. The molecule has 1 heterocycles. The van der Waals surface area contributed by atoms with Gasteiger partial charge in [0.25, 0.3) is 0 Å². The predicted octanol–water partition coefficient (Wildman–Crippen LogP) is 5.24. The standard InChI is InChI=1S/C20H25B.C5H8N2/c1-4-5-6-11-16-21(19-14-9-7-12-17(19)2)20-15-10-8-13-18(20)3;1-2-5-3-6-4-7-5/h5-10,12-15H,4,11,16H2,1-3H3;3-4H,2H2,1H3,(H,6,7). The van der Waals surface area contributed by atoms with E-state index >= 15 is 0 Å². The number of rotatable bonds is 7. The lowest BCUT2D eigenvalue weighted by Gasteiger charge is -2.18. The van der Waals surface area contributed by atoms with Crippen molar-refractivity contribution >= 4 is 17.6 Å². The van der Waals surface area contributed by atoms with E-state index in [0.29, 0.717) is 6.71 Å². The van der Waals surface area contributed by atoms with Crippen molar-refractivity contribution in [3.8, 4) is 0 Å². The van der Waals surface area contributed by atoms with E-state index in [9.17, 15) is 0 Å². The van der Waals surface area contributed by atoms with Gasteiger partial charge in [-0.25, -0.2) is 4.98 Å². The monoisotopic (exact) mass is 372 g/mol. The first-order chi connectivity index (χ1) is 13.7. The van der Waals surface area contributed by atoms with Crippen molar-refractivity contribution in [3.63, 3.8) is 0 Å². The van der Waals surface area contributed by atoms with Crippen molar-refractivity contribution in [1.29, 1.82) is 0 Å². The molecule has 0 radical (unpaired) electrons. The van der Waals surface area contributed by atoms with Gasteiger partial charge in [0.1, 0.15) is 0 Å². The molecule has 3 rings (SSSR count). The lowest BCUT2D eigenvalue weighted by molar-refractivity contribution is 1.06. The minimum atomic E-state index is 0.494. The SMILES string of the molecule is CCC=CCCB(c1ccccc1C)c1ccccc1C.CCc1cnc[nH]1. The molecule has 2 aromatic carbocycles. The molecule has 3 aromatic rings. The van der Waals surface area contributed by atoms with E-state index in [4.69, 9.17) is 0 Å². The summed E-state index contributed by atoms with van der Waals surface area (Å²) in [5, 5.41) is 0. The zero-order chi connectivity index (χ0) is 20.2. The van der Waals surface area contributed by atoms with Gasteiger partial charge in [-0.1, -0.05) is 103 Å². The molecule has 1 aromatic heterocycles. The Labute approximate surface area is 171 Å². The van der Waals surface area contributed by atoms with Gasteiger partial charge >= 0.3 is 0 Å². The van der Waals surface area contributed by atoms with E-state index in [1.165, 1.54) is 34.1 Å². The largest absolute Gasteiger partial charge is 0.349 e. The molecule has 0 saturated heterocycles. The number of allylic oxidation sites excluding steroid dienone is 2. The first-order valence-corrected chi connectivity index (χ1v) is 10.4. The smallest absolute Gasteiger partial charge is 0.210 e. The summed E-state index contributed by atoms with van der Waals surface area (Å²) in [6.45, 7) is 9.23. The van der Waals surface area contributed by atoms with Crippen molar-refractivity contribution in [1.82, 2.24) is 9.97 Å². The van der Waals surface area contributed by atoms with Crippen LogP contribution in [0.3, 0.4) is 0 Å². The van der Waals surface area contributed by atoms with Crippen LogP contribution in [0.5, 0.6) is 0 Å². The van der Waals surface area contributed by atoms with E-state index in [1.807, 2.05) is 6.20 Å². The Bertz CT molecular complexity index is 792. The molecule has 146 valence electrons. The van der Waals surface area contributed by atoms with Gasteiger partial charge in [-0.2, -0.15) is 0 Å². The molecule has 0 aliphatic rings. The number of aromatic amines is 1. The highest BCUT2D eigenvalue weighted by Crippen LogP contribution is 2.08. The van der Waals surface area contributed by atoms with E-state index in [2.05, 4.69) is 98.3 Å². The lowest BCUT2D eigenvalue weighted by Crippen LogP contribution is -2.44. The molecule has 0 spiro atoms. The number of hydrogen-bond acceptors (Lipinski definition) is 1. The molecule has 0 aliphatic heterocycles. The highest BCUT2D eigenvalue weighted by atomic mass is 14.8. The van der Waals surface area contributed by atoms with Crippen LogP contribution in [0.1, 0.15) is 43.5 Å². The number of aryl methyl sites for hydroxylation is 3. The Morgan fingerprint density at radius 3 is 1.93 bits per heavy atom. The number of benzene rings is 2. The zero-order valence-corrected chi connectivity index (χ0v) is 17.8. The summed E-state index contributed by atoms with van der Waals surface area (Å²) >= 11 is 0. The molecule has 0 amide bonds. The van der Waals surface area contributed by atoms with Crippen LogP contribution in [-0.2, 0) is 6.42 Å². The average Bonchev–Trinajstić information content (AvgIpc) is 3.24. The van der Waals surface area contributed by atoms with Crippen molar-refractivity contribution in [2.45, 2.75) is 53.3 Å². The third kappa shape index (κ3) is 6.56. The molecule has 0 atom stereocenters. The topological polar surface area (TPSA) is 28.7 Å². The fraction of sp³-hybridized carbons (Fsp3) is 0.320. The summed E-state index contributed by atoms with van der Waals surface area (Å²) in [6.07, 6.45) is 12.6. The number of aromatic nitrogens is 2. The minimum Gasteiger partial charge on any atom is -0.349 e. The Balaban J connectivity index is 0.000000336. The van der Waals surface area contributed by atoms with E-state index in [-0.39, 0.29) is 0 Å². The number of imidazole rings is 1. The van der Waals surface area contributed by atoms with Crippen LogP contribution in [0.4, 0.5) is 0 Å². The van der Waals surface area contributed by atoms with Crippen LogP contribution in [0.2, 0.25) is 6.32 Å². The molecule has 0 unspecified atom stereocenters. The normalized spacial score (nSPS) is 10.6. The molecule has 3 heteroatoms. The molecule has 0 aliphatic carbocycles. The fourth-order valence-electron chi connectivity index (χ4n) is 3.46. The van der Waals surface area contributed by atoms with E-state index in [0.717, 1.165) is 19.3 Å². The first kappa shape index (κ1) is 21.8. The second-order valence-corrected chi connectivity index (χ2v) is 7.15. The van der Waals surface area contributed by atoms with Crippen molar-refractivity contribution < 1.29 is 0 Å². The summed E-state index contributed by atoms with van der Waals surface area (Å²) in [6, 6.07) is 17.6. The summed E-state index contributed by atoms with van der Waals surface area (Å²) in [5.74, 6) is 0. The van der Waals surface area contributed by atoms with Crippen molar-refractivity contribution in [3.05, 3.63) is 90.0 Å². The Morgan fingerprint density at radius 1 is 0.893 bits per heavy atom. The van der Waals surface area contributed by atoms with Gasteiger partial charge in [0, 0.05) is 11.9 Å². The van der Waals surface area contributed by atoms with Gasteiger partial charge in [-0.15, -0.1) is 0 Å². The molecule has 0 bridgehead atoms. The van der Waals surface area contributed by atoms with Crippen molar-refractivity contribution in [2.24, 2.45) is 0 Å². The van der Waals surface area contributed by atoms with Crippen LogP contribution in [0, 0.1) is 13.8 Å². The minimum absolute atomic E-state index is 0.494. The van der Waals surface area contributed by atoms with Crippen LogP contribution in [0.15, 0.2) is 73.2 Å². The van der Waals surface area contributed by atoms with Crippen LogP contribution in [-0.4, -0.2) is 16.7 Å². The highest BCUT2D eigenvalue weighted by Gasteiger charge is 2.21. The number of nitrogens with one attached hydrogen (secondary N) is 1. The lowest BCUT2D eigenvalue weighted by atomic mass is 9.37. The Kier molecular flexibility index (Phi) is 9.34. The zero-order valence-electron chi connectivity index (χ0n) is 17.8. The predicted molar refractivity (Wildman–Crippen MR) is 124 cm³/mol. The van der Waals surface area contributed by atoms with Crippen LogP contribution in [0.25, 0.3) is 0 Å². The van der Waals surface area contributed by atoms with Crippen molar-refractivity contribution in [2.75, 3.05) is 0 Å². The quantitative estimate of drug-likeness (QED) is 0.446. The fourth-order valence-corrected chi connectivity index (χ4v) is 3.46. The third-order valence-corrected chi connectivity index (χ3v) is 5.09. The maximum Gasteiger partial charge on any atom is 0.210 e. The second-order valence-electron chi connectivity index (χ2n) is 7.15. The Hall–Kier alpha value is -2.55. The number of H-pyrrole nitrogens is 1.